The Bertz CT molecular complexity index is 864. The minimum Gasteiger partial charge on any atom is -0.134 e. The van der Waals surface area contributed by atoms with Crippen LogP contribution in [0, 0.1) is 10.8 Å². The van der Waals surface area contributed by atoms with Crippen molar-refractivity contribution in [2.45, 2.75) is 0 Å². The van der Waals surface area contributed by atoms with Gasteiger partial charge in [0, 0.05) is 26.2 Å². The van der Waals surface area contributed by atoms with E-state index in [1.54, 1.807) is 17.4 Å². The summed E-state index contributed by atoms with van der Waals surface area (Å²) in [4.78, 5) is 1.23. The summed E-state index contributed by atoms with van der Waals surface area (Å²) in [5.74, 6) is 0. The van der Waals surface area contributed by atoms with Crippen LogP contribution in [0.5, 0.6) is 0 Å². The Hall–Kier alpha value is -1.58. The molecule has 0 aliphatic rings. The lowest BCUT2D eigenvalue weighted by Gasteiger charge is -2.04. The molecule has 0 aliphatic carbocycles. The van der Waals surface area contributed by atoms with Crippen LogP contribution in [0.3, 0.4) is 0 Å². The van der Waals surface area contributed by atoms with Crippen molar-refractivity contribution < 1.29 is 0 Å². The average molecular weight is 387 g/mol. The molecule has 4 aromatic rings. The van der Waals surface area contributed by atoms with Gasteiger partial charge in [-0.1, -0.05) is 65.7 Å². The Morgan fingerprint density at radius 2 is 1.46 bits per heavy atom. The van der Waals surface area contributed by atoms with Crippen molar-refractivity contribution >= 4 is 45.9 Å². The third kappa shape index (κ3) is 4.49. The van der Waals surface area contributed by atoms with Crippen molar-refractivity contribution in [3.05, 3.63) is 92.9 Å². The van der Waals surface area contributed by atoms with Gasteiger partial charge in [-0.05, 0) is 41.5 Å². The van der Waals surface area contributed by atoms with Crippen molar-refractivity contribution in [3.8, 4) is 21.6 Å². The lowest BCUT2D eigenvalue weighted by atomic mass is 10.0. The van der Waals surface area contributed by atoms with E-state index in [0.29, 0.717) is 0 Å². The minimum absolute atomic E-state index is 0.764. The second kappa shape index (κ2) is 8.50. The third-order valence-electron chi connectivity index (χ3n) is 3.24. The van der Waals surface area contributed by atoms with Crippen LogP contribution in [0.25, 0.3) is 21.6 Å². The van der Waals surface area contributed by atoms with Gasteiger partial charge in [0.1, 0.15) is 0 Å². The molecule has 0 fully saturated rings. The molecule has 0 atom stereocenters. The lowest BCUT2D eigenvalue weighted by Crippen LogP contribution is -1.78. The van der Waals surface area contributed by atoms with Crippen LogP contribution in [0.1, 0.15) is 0 Å². The normalized spacial score (nSPS) is 10.1. The summed E-state index contributed by atoms with van der Waals surface area (Å²) in [5.41, 5.74) is 3.63. The molecule has 2 aromatic carbocycles. The molecule has 0 N–H and O–H groups in total. The fourth-order valence-corrected chi connectivity index (χ4v) is 3.68. The van der Waals surface area contributed by atoms with E-state index in [1.807, 2.05) is 30.3 Å². The fourth-order valence-electron chi connectivity index (χ4n) is 2.14. The van der Waals surface area contributed by atoms with Crippen LogP contribution in [-0.4, -0.2) is 0 Å². The molecule has 0 saturated heterocycles. The number of rotatable bonds is 2. The number of hydrogen-bond donors (Lipinski definition) is 0. The maximum absolute atomic E-state index is 5.93. The molecule has 24 heavy (non-hydrogen) atoms. The Kier molecular flexibility index (Phi) is 6.11. The smallest absolute Gasteiger partial charge is 0.0935 e. The van der Waals surface area contributed by atoms with Crippen molar-refractivity contribution in [2.24, 2.45) is 0 Å². The largest absolute Gasteiger partial charge is 0.134 e. The number of halogens is 2. The summed E-state index contributed by atoms with van der Waals surface area (Å²) in [5, 5.41) is 6.82. The average Bonchev–Trinajstić information content (AvgIpc) is 3.28. The summed E-state index contributed by atoms with van der Waals surface area (Å²) in [6.07, 6.45) is 0. The van der Waals surface area contributed by atoms with Gasteiger partial charge in [-0.3, -0.25) is 0 Å². The Balaban J connectivity index is 0.000000238. The van der Waals surface area contributed by atoms with Crippen LogP contribution < -0.4 is 0 Å². The maximum Gasteiger partial charge on any atom is 0.0935 e. The molecular weight excluding hydrogens is 375 g/mol. The number of benzene rings is 2. The van der Waals surface area contributed by atoms with Gasteiger partial charge in [0.15, 0.2) is 0 Å². The van der Waals surface area contributed by atoms with Gasteiger partial charge in [-0.25, -0.2) is 0 Å². The first kappa shape index (κ1) is 17.2. The molecule has 4 heteroatoms. The second-order valence-corrected chi connectivity index (χ2v) is 7.63. The molecule has 0 bridgehead atoms. The molecule has 0 amide bonds. The van der Waals surface area contributed by atoms with Crippen LogP contribution in [0.15, 0.2) is 72.8 Å². The molecule has 4 rings (SSSR count). The quantitative estimate of drug-likeness (QED) is 0.330. The van der Waals surface area contributed by atoms with E-state index in [1.165, 1.54) is 32.9 Å². The first-order chi connectivity index (χ1) is 11.7. The van der Waals surface area contributed by atoms with E-state index < -0.39 is 0 Å². The lowest BCUT2D eigenvalue weighted by molar-refractivity contribution is 1.65. The van der Waals surface area contributed by atoms with E-state index in [-0.39, 0.29) is 0 Å². The molecule has 2 radical (unpaired) electrons. The molecule has 0 unspecified atom stereocenters. The van der Waals surface area contributed by atoms with Crippen LogP contribution >= 0.6 is 45.9 Å². The predicted molar refractivity (Wildman–Crippen MR) is 107 cm³/mol. The van der Waals surface area contributed by atoms with Gasteiger partial charge in [-0.2, -0.15) is 0 Å². The van der Waals surface area contributed by atoms with E-state index in [9.17, 15) is 0 Å². The first-order valence-electron chi connectivity index (χ1n) is 7.16. The van der Waals surface area contributed by atoms with E-state index >= 15 is 0 Å². The van der Waals surface area contributed by atoms with Crippen LogP contribution in [0.2, 0.25) is 9.36 Å². The Morgan fingerprint density at radius 3 is 2.04 bits per heavy atom. The van der Waals surface area contributed by atoms with Gasteiger partial charge in [0.25, 0.3) is 0 Å². The second-order valence-electron chi connectivity index (χ2n) is 4.84. The van der Waals surface area contributed by atoms with E-state index in [0.717, 1.165) is 9.36 Å². The van der Waals surface area contributed by atoms with Crippen molar-refractivity contribution in [3.63, 3.8) is 0 Å². The molecule has 0 saturated carbocycles. The molecule has 0 nitrogen and oxygen atoms in total. The topological polar surface area (TPSA) is 0 Å². The van der Waals surface area contributed by atoms with Gasteiger partial charge in [0.2, 0.25) is 0 Å². The molecule has 118 valence electrons. The summed E-state index contributed by atoms with van der Waals surface area (Å²) in [6, 6.07) is 24.0. The van der Waals surface area contributed by atoms with Crippen LogP contribution in [-0.2, 0) is 0 Å². The molecule has 2 aromatic heterocycles. The van der Waals surface area contributed by atoms with Crippen molar-refractivity contribution in [2.75, 3.05) is 0 Å². The third-order valence-corrected chi connectivity index (χ3v) is 5.33. The SMILES string of the molecule is Clc1cc[c]s1.Clc1ccc(-c2s[c]cc2-c2ccccc2)cc1. The van der Waals surface area contributed by atoms with Crippen molar-refractivity contribution in [1.29, 1.82) is 0 Å². The zero-order valence-electron chi connectivity index (χ0n) is 12.5. The van der Waals surface area contributed by atoms with Gasteiger partial charge < -0.3 is 0 Å². The molecular formula is C20H12Cl2S2. The molecule has 2 heterocycles. The van der Waals surface area contributed by atoms with Gasteiger partial charge >= 0.3 is 0 Å². The Morgan fingerprint density at radius 1 is 0.708 bits per heavy atom. The summed E-state index contributed by atoms with van der Waals surface area (Å²) in [7, 11) is 0. The monoisotopic (exact) mass is 386 g/mol. The first-order valence-corrected chi connectivity index (χ1v) is 9.55. The van der Waals surface area contributed by atoms with Crippen molar-refractivity contribution in [1.82, 2.24) is 0 Å². The van der Waals surface area contributed by atoms with E-state index in [2.05, 4.69) is 47.2 Å². The summed E-state index contributed by atoms with van der Waals surface area (Å²) >= 11 is 14.4. The molecule has 0 spiro atoms. The number of thiophene rings is 2. The number of hydrogen-bond acceptors (Lipinski definition) is 2. The highest BCUT2D eigenvalue weighted by Crippen LogP contribution is 2.36. The highest BCUT2D eigenvalue weighted by Gasteiger charge is 2.08. The highest BCUT2D eigenvalue weighted by atomic mass is 35.5. The van der Waals surface area contributed by atoms with Gasteiger partial charge in [-0.15, -0.1) is 22.7 Å². The standard InChI is InChI=1S/C16H10ClS.C4H2ClS/c17-14-8-6-13(7-9-14)16-15(10-11-18-16)12-4-2-1-3-5-12;5-4-2-1-3-6-4/h1-10H;1-2H. The van der Waals surface area contributed by atoms with Gasteiger partial charge in [0.05, 0.1) is 4.34 Å². The predicted octanol–water partition coefficient (Wildman–Crippen LogP) is 7.74. The zero-order valence-corrected chi connectivity index (χ0v) is 15.6. The minimum atomic E-state index is 0.764. The summed E-state index contributed by atoms with van der Waals surface area (Å²) in [6.45, 7) is 0. The zero-order chi connectivity index (χ0) is 16.8. The summed E-state index contributed by atoms with van der Waals surface area (Å²) < 4.78 is 0.801. The molecule has 0 aliphatic heterocycles. The highest BCUT2D eigenvalue weighted by molar-refractivity contribution is 7.14. The Labute approximate surface area is 159 Å². The van der Waals surface area contributed by atoms with E-state index in [4.69, 9.17) is 23.2 Å². The fraction of sp³-hybridized carbons (Fsp3) is 0. The maximum atomic E-state index is 5.93. The van der Waals surface area contributed by atoms with Crippen LogP contribution in [0.4, 0.5) is 0 Å².